The number of furan rings is 1. The van der Waals surface area contributed by atoms with Crippen LogP contribution < -0.4 is 10.6 Å². The Morgan fingerprint density at radius 1 is 1.23 bits per heavy atom. The molecular formula is C20H18ClF3N4O3. The first-order valence-electron chi connectivity index (χ1n) is 9.20. The van der Waals surface area contributed by atoms with E-state index in [-0.39, 0.29) is 35.3 Å². The maximum Gasteiger partial charge on any atom is 0.416 e. The second-order valence-corrected chi connectivity index (χ2v) is 7.04. The van der Waals surface area contributed by atoms with Gasteiger partial charge in [-0.1, -0.05) is 11.6 Å². The van der Waals surface area contributed by atoms with Crippen molar-refractivity contribution in [2.45, 2.75) is 25.9 Å². The molecule has 0 aliphatic carbocycles. The average Bonchev–Trinajstić information content (AvgIpc) is 3.34. The largest absolute Gasteiger partial charge is 0.459 e. The van der Waals surface area contributed by atoms with Crippen LogP contribution in [0.25, 0.3) is 5.69 Å². The number of nitrogens with zero attached hydrogens (tertiary/aromatic N) is 2. The molecule has 2 heterocycles. The summed E-state index contributed by atoms with van der Waals surface area (Å²) < 4.78 is 45.3. The molecule has 31 heavy (non-hydrogen) atoms. The van der Waals surface area contributed by atoms with Crippen LogP contribution in [0.3, 0.4) is 0 Å². The van der Waals surface area contributed by atoms with Crippen LogP contribution in [-0.4, -0.2) is 28.1 Å². The van der Waals surface area contributed by atoms with Crippen molar-refractivity contribution in [1.29, 1.82) is 0 Å². The Morgan fingerprint density at radius 2 is 2.00 bits per heavy atom. The van der Waals surface area contributed by atoms with Crippen molar-refractivity contribution in [2.24, 2.45) is 0 Å². The maximum atomic E-state index is 13.1. The van der Waals surface area contributed by atoms with Gasteiger partial charge in [0.25, 0.3) is 5.91 Å². The molecule has 3 aromatic rings. The maximum absolute atomic E-state index is 13.1. The van der Waals surface area contributed by atoms with Crippen LogP contribution in [0.4, 0.5) is 19.0 Å². The number of carbonyl (C=O) groups excluding carboxylic acids is 2. The van der Waals surface area contributed by atoms with E-state index < -0.39 is 23.6 Å². The number of anilines is 1. The lowest BCUT2D eigenvalue weighted by Gasteiger charge is -2.13. The van der Waals surface area contributed by atoms with Crippen LogP contribution in [0.15, 0.2) is 47.1 Å². The Balaban J connectivity index is 1.64. The summed E-state index contributed by atoms with van der Waals surface area (Å²) in [5.41, 5.74) is -0.412. The summed E-state index contributed by atoms with van der Waals surface area (Å²) in [7, 11) is 0. The number of rotatable bonds is 7. The summed E-state index contributed by atoms with van der Waals surface area (Å²) in [4.78, 5) is 24.1. The number of nitrogens with one attached hydrogen (secondary N) is 2. The summed E-state index contributed by atoms with van der Waals surface area (Å²) in [6, 6.07) is 7.50. The molecule has 0 spiro atoms. The highest BCUT2D eigenvalue weighted by molar-refractivity contribution is 6.32. The normalized spacial score (nSPS) is 11.4. The third kappa shape index (κ3) is 5.66. The monoisotopic (exact) mass is 454 g/mol. The van der Waals surface area contributed by atoms with E-state index in [1.54, 1.807) is 13.0 Å². The van der Waals surface area contributed by atoms with Crippen molar-refractivity contribution in [3.63, 3.8) is 0 Å². The number of hydrogen-bond donors (Lipinski definition) is 2. The van der Waals surface area contributed by atoms with Crippen molar-refractivity contribution in [3.05, 3.63) is 64.7 Å². The molecule has 164 valence electrons. The predicted molar refractivity (Wildman–Crippen MR) is 107 cm³/mol. The number of carbonyl (C=O) groups is 2. The fraction of sp³-hybridized carbons (Fsp3) is 0.250. The second kappa shape index (κ2) is 9.25. The van der Waals surface area contributed by atoms with E-state index in [2.05, 4.69) is 15.7 Å². The molecule has 0 unspecified atom stereocenters. The van der Waals surface area contributed by atoms with Crippen LogP contribution in [-0.2, 0) is 11.0 Å². The SMILES string of the molecule is Cc1cc(NC(=O)CCCNC(=O)c2ccco2)n(-c2cc(C(F)(F)F)ccc2Cl)n1. The van der Waals surface area contributed by atoms with Crippen LogP contribution in [0.5, 0.6) is 0 Å². The smallest absolute Gasteiger partial charge is 0.416 e. The Kier molecular flexibility index (Phi) is 6.69. The van der Waals surface area contributed by atoms with Crippen molar-refractivity contribution >= 4 is 29.2 Å². The molecule has 0 saturated carbocycles. The molecular weight excluding hydrogens is 437 g/mol. The zero-order valence-electron chi connectivity index (χ0n) is 16.3. The number of hydrogen-bond acceptors (Lipinski definition) is 4. The molecule has 2 N–H and O–H groups in total. The Bertz CT molecular complexity index is 1080. The van der Waals surface area contributed by atoms with Crippen LogP contribution >= 0.6 is 11.6 Å². The summed E-state index contributed by atoms with van der Waals surface area (Å²) in [6.45, 7) is 1.88. The zero-order chi connectivity index (χ0) is 22.6. The molecule has 2 aromatic heterocycles. The van der Waals surface area contributed by atoms with E-state index in [0.717, 1.165) is 22.9 Å². The van der Waals surface area contributed by atoms with Gasteiger partial charge in [0.15, 0.2) is 5.76 Å². The van der Waals surface area contributed by atoms with E-state index in [9.17, 15) is 22.8 Å². The quantitative estimate of drug-likeness (QED) is 0.511. The highest BCUT2D eigenvalue weighted by Crippen LogP contribution is 2.34. The van der Waals surface area contributed by atoms with Gasteiger partial charge < -0.3 is 15.1 Å². The summed E-state index contributed by atoms with van der Waals surface area (Å²) >= 11 is 6.08. The van der Waals surface area contributed by atoms with Gasteiger partial charge in [-0.15, -0.1) is 0 Å². The van der Waals surface area contributed by atoms with Gasteiger partial charge in [0.05, 0.1) is 28.2 Å². The fourth-order valence-electron chi connectivity index (χ4n) is 2.77. The third-order valence-corrected chi connectivity index (χ3v) is 4.53. The topological polar surface area (TPSA) is 89.2 Å². The molecule has 2 amide bonds. The number of halogens is 4. The van der Waals surface area contributed by atoms with Gasteiger partial charge >= 0.3 is 6.18 Å². The van der Waals surface area contributed by atoms with Gasteiger partial charge in [-0.25, -0.2) is 4.68 Å². The lowest BCUT2D eigenvalue weighted by molar-refractivity contribution is -0.137. The molecule has 0 radical (unpaired) electrons. The molecule has 0 aliphatic rings. The first-order chi connectivity index (χ1) is 14.6. The first-order valence-corrected chi connectivity index (χ1v) is 9.58. The number of aromatic nitrogens is 2. The molecule has 3 rings (SSSR count). The molecule has 11 heteroatoms. The average molecular weight is 455 g/mol. The van der Waals surface area contributed by atoms with Crippen LogP contribution in [0, 0.1) is 6.92 Å². The fourth-order valence-corrected chi connectivity index (χ4v) is 2.97. The molecule has 1 aromatic carbocycles. The Hall–Kier alpha value is -3.27. The molecule has 0 bridgehead atoms. The van der Waals surface area contributed by atoms with Crippen molar-refractivity contribution in [2.75, 3.05) is 11.9 Å². The van der Waals surface area contributed by atoms with Crippen molar-refractivity contribution in [1.82, 2.24) is 15.1 Å². The van der Waals surface area contributed by atoms with E-state index in [0.29, 0.717) is 12.1 Å². The third-order valence-electron chi connectivity index (χ3n) is 4.21. The molecule has 0 fully saturated rings. The van der Waals surface area contributed by atoms with Gasteiger partial charge in [-0.3, -0.25) is 9.59 Å². The van der Waals surface area contributed by atoms with Gasteiger partial charge in [-0.2, -0.15) is 18.3 Å². The van der Waals surface area contributed by atoms with E-state index in [1.807, 2.05) is 0 Å². The summed E-state index contributed by atoms with van der Waals surface area (Å²) in [5.74, 6) is -0.431. The minimum Gasteiger partial charge on any atom is -0.459 e. The number of amides is 2. The van der Waals surface area contributed by atoms with Crippen molar-refractivity contribution in [3.8, 4) is 5.69 Å². The second-order valence-electron chi connectivity index (χ2n) is 6.63. The highest BCUT2D eigenvalue weighted by Gasteiger charge is 2.31. The Labute approximate surface area is 180 Å². The standard InChI is InChI=1S/C20H18ClF3N4O3/c1-12-10-17(26-18(29)5-2-8-25-19(30)16-4-3-9-31-16)28(27-12)15-11-13(20(22,23)24)6-7-14(15)21/h3-4,6-7,9-11H,2,5,8H2,1H3,(H,25,30)(H,26,29). The molecule has 7 nitrogen and oxygen atoms in total. The Morgan fingerprint density at radius 3 is 2.68 bits per heavy atom. The van der Waals surface area contributed by atoms with Crippen LogP contribution in [0.1, 0.15) is 34.7 Å². The lowest BCUT2D eigenvalue weighted by Crippen LogP contribution is -2.25. The number of benzene rings is 1. The molecule has 0 atom stereocenters. The van der Waals surface area contributed by atoms with Gasteiger partial charge in [0, 0.05) is 19.0 Å². The molecule has 0 aliphatic heterocycles. The summed E-state index contributed by atoms with van der Waals surface area (Å²) in [5, 5.41) is 9.44. The predicted octanol–water partition coefficient (Wildman–Crippen LogP) is 4.59. The van der Waals surface area contributed by atoms with Gasteiger partial charge in [0.1, 0.15) is 5.82 Å². The first kappa shape index (κ1) is 22.4. The minimum absolute atomic E-state index is 0.00870. The lowest BCUT2D eigenvalue weighted by atomic mass is 10.2. The summed E-state index contributed by atoms with van der Waals surface area (Å²) in [6.07, 6.45) is -2.76. The van der Waals surface area contributed by atoms with Crippen molar-refractivity contribution < 1.29 is 27.2 Å². The zero-order valence-corrected chi connectivity index (χ0v) is 17.0. The number of alkyl halides is 3. The van der Waals surface area contributed by atoms with Gasteiger partial charge in [0.2, 0.25) is 5.91 Å². The van der Waals surface area contributed by atoms with Gasteiger partial charge in [-0.05, 0) is 43.7 Å². The van der Waals surface area contributed by atoms with Crippen LogP contribution in [0.2, 0.25) is 5.02 Å². The van der Waals surface area contributed by atoms with E-state index in [1.165, 1.54) is 18.4 Å². The number of aryl methyl sites for hydroxylation is 1. The highest BCUT2D eigenvalue weighted by atomic mass is 35.5. The molecule has 0 saturated heterocycles. The minimum atomic E-state index is -4.55. The van der Waals surface area contributed by atoms with E-state index >= 15 is 0 Å². The van der Waals surface area contributed by atoms with E-state index in [4.69, 9.17) is 16.0 Å².